The summed E-state index contributed by atoms with van der Waals surface area (Å²) in [5.74, 6) is -0.122. The lowest BCUT2D eigenvalue weighted by Crippen LogP contribution is -2.29. The van der Waals surface area contributed by atoms with Gasteiger partial charge in [-0.25, -0.2) is 13.6 Å². The van der Waals surface area contributed by atoms with E-state index < -0.39 is 10.0 Å². The first-order valence-corrected chi connectivity index (χ1v) is 11.5. The largest absolute Gasteiger partial charge is 0.352 e. The molecule has 1 aliphatic rings. The Bertz CT molecular complexity index is 870. The fraction of sp³-hybridized carbons (Fsp3) is 0.421. The third-order valence-electron chi connectivity index (χ3n) is 4.65. The van der Waals surface area contributed by atoms with E-state index in [9.17, 15) is 13.2 Å². The van der Waals surface area contributed by atoms with Crippen LogP contribution in [0.1, 0.15) is 40.1 Å². The lowest BCUT2D eigenvalue weighted by molar-refractivity contribution is 0.0954. The summed E-state index contributed by atoms with van der Waals surface area (Å²) < 4.78 is 22.7. The van der Waals surface area contributed by atoms with E-state index in [-0.39, 0.29) is 10.1 Å². The summed E-state index contributed by atoms with van der Waals surface area (Å²) >= 11 is 1.14. The Hall–Kier alpha value is -1.74. The Kier molecular flexibility index (Phi) is 6.64. The highest BCUT2D eigenvalue weighted by molar-refractivity contribution is 7.91. The summed E-state index contributed by atoms with van der Waals surface area (Å²) in [5.41, 5.74) is 1.86. The molecule has 1 aromatic heterocycles. The van der Waals surface area contributed by atoms with Gasteiger partial charge in [-0.15, -0.1) is 11.3 Å². The number of primary sulfonamides is 1. The summed E-state index contributed by atoms with van der Waals surface area (Å²) in [4.78, 5) is 15.6. The molecule has 0 spiro atoms. The van der Waals surface area contributed by atoms with Crippen molar-refractivity contribution in [1.29, 1.82) is 0 Å². The number of carbonyl (C=O) groups excluding carboxylic acids is 1. The number of hydrogen-bond acceptors (Lipinski definition) is 5. The van der Waals surface area contributed by atoms with Gasteiger partial charge in [-0.2, -0.15) is 0 Å². The number of amides is 1. The van der Waals surface area contributed by atoms with E-state index in [1.807, 2.05) is 24.3 Å². The number of hydrogen-bond donors (Lipinski definition) is 2. The summed E-state index contributed by atoms with van der Waals surface area (Å²) in [6, 6.07) is 11.0. The fourth-order valence-electron chi connectivity index (χ4n) is 3.18. The van der Waals surface area contributed by atoms with Crippen molar-refractivity contribution in [3.8, 4) is 0 Å². The number of nitrogens with two attached hydrogens (primary N) is 1. The minimum atomic E-state index is -3.65. The van der Waals surface area contributed by atoms with E-state index in [0.717, 1.165) is 35.8 Å². The first kappa shape index (κ1) is 20.0. The van der Waals surface area contributed by atoms with Crippen molar-refractivity contribution in [2.24, 2.45) is 5.14 Å². The van der Waals surface area contributed by atoms with Crippen molar-refractivity contribution in [3.05, 3.63) is 52.4 Å². The molecule has 1 aromatic carbocycles. The van der Waals surface area contributed by atoms with Gasteiger partial charge in [0.25, 0.3) is 5.91 Å². The minimum Gasteiger partial charge on any atom is -0.352 e. The number of benzene rings is 1. The van der Waals surface area contributed by atoms with Gasteiger partial charge in [0.1, 0.15) is 4.21 Å². The van der Waals surface area contributed by atoms with Crippen molar-refractivity contribution < 1.29 is 13.2 Å². The first-order valence-electron chi connectivity index (χ1n) is 9.13. The molecule has 27 heavy (non-hydrogen) atoms. The number of carbonyl (C=O) groups is 1. The quantitative estimate of drug-likeness (QED) is 0.737. The highest BCUT2D eigenvalue weighted by Gasteiger charge is 2.13. The van der Waals surface area contributed by atoms with Crippen LogP contribution < -0.4 is 10.5 Å². The van der Waals surface area contributed by atoms with Gasteiger partial charge in [-0.1, -0.05) is 18.6 Å². The molecule has 2 heterocycles. The van der Waals surface area contributed by atoms with Crippen molar-refractivity contribution in [1.82, 2.24) is 10.2 Å². The Morgan fingerprint density at radius 3 is 2.41 bits per heavy atom. The van der Waals surface area contributed by atoms with Crippen molar-refractivity contribution in [2.45, 2.75) is 36.4 Å². The van der Waals surface area contributed by atoms with E-state index >= 15 is 0 Å². The maximum Gasteiger partial charge on any atom is 0.251 e. The number of thiophene rings is 1. The highest BCUT2D eigenvalue weighted by Crippen LogP contribution is 2.20. The first-order chi connectivity index (χ1) is 12.9. The van der Waals surface area contributed by atoms with Gasteiger partial charge in [0, 0.05) is 23.5 Å². The van der Waals surface area contributed by atoms with Crippen molar-refractivity contribution in [3.63, 3.8) is 0 Å². The smallest absolute Gasteiger partial charge is 0.251 e. The predicted octanol–water partition coefficient (Wildman–Crippen LogP) is 2.35. The molecule has 0 unspecified atom stereocenters. The van der Waals surface area contributed by atoms with E-state index in [0.29, 0.717) is 18.5 Å². The number of nitrogens with one attached hydrogen (secondary N) is 1. The molecule has 1 amide bonds. The number of sulfonamides is 1. The molecular weight excluding hydrogens is 382 g/mol. The van der Waals surface area contributed by atoms with Crippen molar-refractivity contribution in [2.75, 3.05) is 19.6 Å². The van der Waals surface area contributed by atoms with Gasteiger partial charge < -0.3 is 5.32 Å². The molecule has 1 fully saturated rings. The molecule has 0 saturated carbocycles. The Morgan fingerprint density at radius 1 is 1.07 bits per heavy atom. The monoisotopic (exact) mass is 407 g/mol. The average Bonchev–Trinajstić information content (AvgIpc) is 3.12. The van der Waals surface area contributed by atoms with E-state index in [1.165, 1.54) is 30.9 Å². The molecule has 0 aliphatic carbocycles. The zero-order valence-corrected chi connectivity index (χ0v) is 16.8. The zero-order chi connectivity index (χ0) is 19.3. The van der Waals surface area contributed by atoms with Crippen LogP contribution in [0.25, 0.3) is 0 Å². The molecule has 6 nitrogen and oxygen atoms in total. The van der Waals surface area contributed by atoms with Crippen LogP contribution in [0, 0.1) is 0 Å². The summed E-state index contributed by atoms with van der Waals surface area (Å²) in [5, 5.41) is 7.98. The molecule has 1 saturated heterocycles. The standard InChI is InChI=1S/C19H25N3O3S2/c20-27(24,25)18-9-8-17(26-18)10-11-21-19(23)16-6-4-15(5-7-16)14-22-12-2-1-3-13-22/h4-9H,1-3,10-14H2,(H,21,23)(H2,20,24,25). The number of piperidine rings is 1. The molecule has 8 heteroatoms. The Labute approximate surface area is 164 Å². The van der Waals surface area contributed by atoms with Crippen LogP contribution in [-0.2, 0) is 23.0 Å². The minimum absolute atomic E-state index is 0.122. The van der Waals surface area contributed by atoms with Crippen LogP contribution in [0.3, 0.4) is 0 Å². The van der Waals surface area contributed by atoms with Crippen LogP contribution in [0.2, 0.25) is 0 Å². The number of nitrogens with zero attached hydrogens (tertiary/aromatic N) is 1. The second-order valence-corrected chi connectivity index (χ2v) is 9.76. The number of likely N-dealkylation sites (tertiary alicyclic amines) is 1. The predicted molar refractivity (Wildman–Crippen MR) is 107 cm³/mol. The summed E-state index contributed by atoms with van der Waals surface area (Å²) in [6.45, 7) is 3.68. The topological polar surface area (TPSA) is 92.5 Å². The summed E-state index contributed by atoms with van der Waals surface area (Å²) in [6.07, 6.45) is 4.43. The third-order valence-corrected chi connectivity index (χ3v) is 7.23. The van der Waals surface area contributed by atoms with Gasteiger partial charge in [-0.05, 0) is 62.2 Å². The maximum atomic E-state index is 12.3. The van der Waals surface area contributed by atoms with Crippen molar-refractivity contribution >= 4 is 27.3 Å². The highest BCUT2D eigenvalue weighted by atomic mass is 32.2. The molecule has 146 valence electrons. The lowest BCUT2D eigenvalue weighted by atomic mass is 10.1. The third kappa shape index (κ3) is 5.87. The van der Waals surface area contributed by atoms with E-state index in [2.05, 4.69) is 10.2 Å². The van der Waals surface area contributed by atoms with Crippen LogP contribution in [0.5, 0.6) is 0 Å². The lowest BCUT2D eigenvalue weighted by Gasteiger charge is -2.26. The Balaban J connectivity index is 1.47. The Morgan fingerprint density at radius 2 is 1.78 bits per heavy atom. The molecule has 0 radical (unpaired) electrons. The van der Waals surface area contributed by atoms with Crippen LogP contribution in [0.4, 0.5) is 0 Å². The maximum absolute atomic E-state index is 12.3. The van der Waals surface area contributed by atoms with Crippen LogP contribution >= 0.6 is 11.3 Å². The molecule has 1 aliphatic heterocycles. The molecule has 2 aromatic rings. The second-order valence-electron chi connectivity index (χ2n) is 6.81. The van der Waals surface area contributed by atoms with Gasteiger partial charge in [0.2, 0.25) is 10.0 Å². The molecule has 0 atom stereocenters. The number of rotatable bonds is 7. The molecule has 3 rings (SSSR count). The normalized spacial score (nSPS) is 15.6. The second kappa shape index (κ2) is 8.97. The van der Waals surface area contributed by atoms with Gasteiger partial charge in [0.05, 0.1) is 0 Å². The SMILES string of the molecule is NS(=O)(=O)c1ccc(CCNC(=O)c2ccc(CN3CCCCC3)cc2)s1. The molecular formula is C19H25N3O3S2. The van der Waals surface area contributed by atoms with E-state index in [4.69, 9.17) is 5.14 Å². The van der Waals surface area contributed by atoms with Gasteiger partial charge >= 0.3 is 0 Å². The van der Waals surface area contributed by atoms with Crippen LogP contribution in [-0.4, -0.2) is 38.9 Å². The van der Waals surface area contributed by atoms with Gasteiger partial charge in [0.15, 0.2) is 0 Å². The van der Waals surface area contributed by atoms with E-state index in [1.54, 1.807) is 6.07 Å². The van der Waals surface area contributed by atoms with Gasteiger partial charge in [-0.3, -0.25) is 9.69 Å². The van der Waals surface area contributed by atoms with Crippen LogP contribution in [0.15, 0.2) is 40.6 Å². The summed E-state index contributed by atoms with van der Waals surface area (Å²) in [7, 11) is -3.65. The zero-order valence-electron chi connectivity index (χ0n) is 15.2. The molecule has 0 bridgehead atoms. The molecule has 3 N–H and O–H groups in total. The average molecular weight is 408 g/mol. The fourth-order valence-corrected chi connectivity index (χ4v) is 4.96.